The van der Waals surface area contributed by atoms with Crippen molar-refractivity contribution in [3.8, 4) is 0 Å². The molecule has 5 nitrogen and oxygen atoms in total. The zero-order chi connectivity index (χ0) is 11.7. The van der Waals surface area contributed by atoms with Gasteiger partial charge in [-0.3, -0.25) is 4.79 Å². The van der Waals surface area contributed by atoms with E-state index in [1.54, 1.807) is 6.07 Å². The van der Waals surface area contributed by atoms with E-state index in [-0.39, 0.29) is 6.42 Å². The van der Waals surface area contributed by atoms with Crippen LogP contribution < -0.4 is 5.73 Å². The second-order valence-corrected chi connectivity index (χ2v) is 3.71. The van der Waals surface area contributed by atoms with Gasteiger partial charge in [0.15, 0.2) is 5.58 Å². The fourth-order valence-corrected chi connectivity index (χ4v) is 1.63. The number of rotatable bonds is 3. The van der Waals surface area contributed by atoms with Crippen molar-refractivity contribution in [2.75, 3.05) is 0 Å². The molecule has 84 valence electrons. The topological polar surface area (TPSA) is 89.4 Å². The minimum absolute atomic E-state index is 0.237. The molecule has 0 bridgehead atoms. The van der Waals surface area contributed by atoms with Crippen LogP contribution in [0.4, 0.5) is 0 Å². The van der Waals surface area contributed by atoms with Gasteiger partial charge >= 0.3 is 5.97 Å². The van der Waals surface area contributed by atoms with E-state index >= 15 is 0 Å². The van der Waals surface area contributed by atoms with E-state index in [9.17, 15) is 4.79 Å². The van der Waals surface area contributed by atoms with Crippen LogP contribution in [0.15, 0.2) is 22.7 Å². The van der Waals surface area contributed by atoms with Crippen molar-refractivity contribution in [2.45, 2.75) is 19.4 Å². The van der Waals surface area contributed by atoms with E-state index in [0.717, 1.165) is 16.6 Å². The number of hydrogen-bond acceptors (Lipinski definition) is 4. The number of aryl methyl sites for hydroxylation is 1. The molecule has 0 spiro atoms. The molecule has 3 N–H and O–H groups in total. The van der Waals surface area contributed by atoms with Gasteiger partial charge in [-0.25, -0.2) is 0 Å². The number of carboxylic acids is 1. The lowest BCUT2D eigenvalue weighted by atomic mass is 10.0. The van der Waals surface area contributed by atoms with Crippen molar-refractivity contribution in [1.82, 2.24) is 5.16 Å². The Morgan fingerprint density at radius 2 is 2.38 bits per heavy atom. The van der Waals surface area contributed by atoms with E-state index in [4.69, 9.17) is 15.4 Å². The Labute approximate surface area is 91.8 Å². The molecule has 0 aliphatic heterocycles. The molecular formula is C11H12N2O3. The van der Waals surface area contributed by atoms with Crippen LogP contribution in [-0.4, -0.2) is 22.3 Å². The maximum atomic E-state index is 10.7. The summed E-state index contributed by atoms with van der Waals surface area (Å²) in [6.07, 6.45) is 0.237. The Balaban J connectivity index is 2.41. The Bertz CT molecular complexity index is 533. The van der Waals surface area contributed by atoms with Crippen LogP contribution in [0, 0.1) is 6.92 Å². The number of aliphatic carboxylic acids is 1. The highest BCUT2D eigenvalue weighted by molar-refractivity contribution is 5.83. The highest BCUT2D eigenvalue weighted by Gasteiger charge is 2.16. The molecule has 1 aromatic carbocycles. The lowest BCUT2D eigenvalue weighted by molar-refractivity contribution is -0.138. The molecule has 0 aliphatic carbocycles. The number of carbonyl (C=O) groups is 1. The monoisotopic (exact) mass is 220 g/mol. The molecule has 1 unspecified atom stereocenters. The first-order valence-corrected chi connectivity index (χ1v) is 4.92. The van der Waals surface area contributed by atoms with E-state index in [1.165, 1.54) is 0 Å². The van der Waals surface area contributed by atoms with Crippen LogP contribution in [0.1, 0.15) is 11.3 Å². The molecule has 1 heterocycles. The predicted octanol–water partition coefficient (Wildman–Crippen LogP) is 1.09. The molecule has 5 heteroatoms. The Kier molecular flexibility index (Phi) is 2.62. The normalized spacial score (nSPS) is 12.9. The van der Waals surface area contributed by atoms with Gasteiger partial charge in [-0.05, 0) is 13.0 Å². The third kappa shape index (κ3) is 1.77. The summed E-state index contributed by atoms with van der Waals surface area (Å²) in [5, 5.41) is 13.5. The molecule has 1 atom stereocenters. The zero-order valence-corrected chi connectivity index (χ0v) is 8.80. The van der Waals surface area contributed by atoms with Crippen molar-refractivity contribution < 1.29 is 14.4 Å². The molecule has 0 saturated carbocycles. The predicted molar refractivity (Wildman–Crippen MR) is 58.1 cm³/mol. The average Bonchev–Trinajstić information content (AvgIpc) is 2.62. The lowest BCUT2D eigenvalue weighted by Crippen LogP contribution is -2.32. The molecule has 0 saturated heterocycles. The Morgan fingerprint density at radius 1 is 1.62 bits per heavy atom. The molecule has 16 heavy (non-hydrogen) atoms. The van der Waals surface area contributed by atoms with Gasteiger partial charge in [-0.15, -0.1) is 0 Å². The minimum atomic E-state index is -1.02. The highest BCUT2D eigenvalue weighted by Crippen LogP contribution is 2.22. The van der Waals surface area contributed by atoms with Gasteiger partial charge in [0.1, 0.15) is 6.04 Å². The number of benzene rings is 1. The number of nitrogens with zero attached hydrogens (tertiary/aromatic N) is 1. The zero-order valence-electron chi connectivity index (χ0n) is 8.80. The molecule has 2 rings (SSSR count). The van der Waals surface area contributed by atoms with E-state index in [0.29, 0.717) is 5.58 Å². The van der Waals surface area contributed by atoms with Crippen molar-refractivity contribution >= 4 is 16.9 Å². The molecule has 0 radical (unpaired) electrons. The van der Waals surface area contributed by atoms with Crippen LogP contribution >= 0.6 is 0 Å². The largest absolute Gasteiger partial charge is 0.480 e. The first-order chi connectivity index (χ1) is 7.59. The maximum Gasteiger partial charge on any atom is 0.320 e. The third-order valence-electron chi connectivity index (χ3n) is 2.52. The Hall–Kier alpha value is -1.88. The van der Waals surface area contributed by atoms with Gasteiger partial charge in [-0.1, -0.05) is 17.3 Å². The van der Waals surface area contributed by atoms with Gasteiger partial charge in [0.25, 0.3) is 0 Å². The molecule has 1 aromatic heterocycles. The summed E-state index contributed by atoms with van der Waals surface area (Å²) < 4.78 is 5.16. The second kappa shape index (κ2) is 3.94. The summed E-state index contributed by atoms with van der Waals surface area (Å²) in [7, 11) is 0. The smallest absolute Gasteiger partial charge is 0.320 e. The van der Waals surface area contributed by atoms with Gasteiger partial charge in [0, 0.05) is 17.4 Å². The summed E-state index contributed by atoms with van der Waals surface area (Å²) in [6.45, 7) is 1.84. The summed E-state index contributed by atoms with van der Waals surface area (Å²) in [5.74, 6) is -1.02. The summed E-state index contributed by atoms with van der Waals surface area (Å²) in [5.41, 5.74) is 7.67. The van der Waals surface area contributed by atoms with Crippen molar-refractivity contribution in [2.24, 2.45) is 5.73 Å². The standard InChI is InChI=1S/C11H12N2O3/c1-6-8-4-2-3-7(10(8)16-13-6)5-9(12)11(14)15/h2-4,9H,5,12H2,1H3,(H,14,15). The number of aromatic nitrogens is 1. The third-order valence-corrected chi connectivity index (χ3v) is 2.52. The first-order valence-electron chi connectivity index (χ1n) is 4.92. The lowest BCUT2D eigenvalue weighted by Gasteiger charge is -2.05. The number of hydrogen-bond donors (Lipinski definition) is 2. The van der Waals surface area contributed by atoms with Crippen molar-refractivity contribution in [3.05, 3.63) is 29.5 Å². The van der Waals surface area contributed by atoms with Crippen LogP contribution in [0.25, 0.3) is 11.0 Å². The van der Waals surface area contributed by atoms with Gasteiger partial charge < -0.3 is 15.4 Å². The van der Waals surface area contributed by atoms with E-state index in [2.05, 4.69) is 5.16 Å². The highest BCUT2D eigenvalue weighted by atomic mass is 16.5. The first kappa shape index (κ1) is 10.6. The molecular weight excluding hydrogens is 208 g/mol. The molecule has 0 fully saturated rings. The van der Waals surface area contributed by atoms with Gasteiger partial charge in [0.05, 0.1) is 5.69 Å². The quantitative estimate of drug-likeness (QED) is 0.808. The van der Waals surface area contributed by atoms with Gasteiger partial charge in [0.2, 0.25) is 0 Å². The van der Waals surface area contributed by atoms with E-state index in [1.807, 2.05) is 19.1 Å². The van der Waals surface area contributed by atoms with E-state index < -0.39 is 12.0 Å². The molecule has 0 aliphatic rings. The van der Waals surface area contributed by atoms with Crippen molar-refractivity contribution in [1.29, 1.82) is 0 Å². The summed E-state index contributed by atoms with van der Waals surface area (Å²) in [6, 6.07) is 4.61. The number of nitrogens with two attached hydrogens (primary N) is 1. The van der Waals surface area contributed by atoms with Crippen LogP contribution in [0.3, 0.4) is 0 Å². The van der Waals surface area contributed by atoms with Crippen LogP contribution in [0.2, 0.25) is 0 Å². The average molecular weight is 220 g/mol. The number of fused-ring (bicyclic) bond motifs is 1. The summed E-state index contributed by atoms with van der Waals surface area (Å²) in [4.78, 5) is 10.7. The van der Waals surface area contributed by atoms with Crippen LogP contribution in [-0.2, 0) is 11.2 Å². The molecule has 2 aromatic rings. The second-order valence-electron chi connectivity index (χ2n) is 3.71. The number of para-hydroxylation sites is 1. The SMILES string of the molecule is Cc1noc2c(CC(N)C(=O)O)cccc12. The fourth-order valence-electron chi connectivity index (χ4n) is 1.63. The molecule has 0 amide bonds. The Morgan fingerprint density at radius 3 is 3.06 bits per heavy atom. The number of carboxylic acid groups (broad SMARTS) is 1. The minimum Gasteiger partial charge on any atom is -0.480 e. The maximum absolute atomic E-state index is 10.7. The van der Waals surface area contributed by atoms with Crippen molar-refractivity contribution in [3.63, 3.8) is 0 Å². The van der Waals surface area contributed by atoms with Crippen LogP contribution in [0.5, 0.6) is 0 Å². The summed E-state index contributed by atoms with van der Waals surface area (Å²) >= 11 is 0. The fraction of sp³-hybridized carbons (Fsp3) is 0.273. The van der Waals surface area contributed by atoms with Gasteiger partial charge in [-0.2, -0.15) is 0 Å².